The first-order valence-corrected chi connectivity index (χ1v) is 6.50. The van der Waals surface area contributed by atoms with E-state index in [0.717, 1.165) is 15.0 Å². The summed E-state index contributed by atoms with van der Waals surface area (Å²) in [4.78, 5) is 0. The van der Waals surface area contributed by atoms with Gasteiger partial charge in [-0.2, -0.15) is 0 Å². The Bertz CT molecular complexity index is 491. The molecule has 0 radical (unpaired) electrons. The van der Waals surface area contributed by atoms with Gasteiger partial charge in [0.15, 0.2) is 0 Å². The Hall–Kier alpha value is -1.02. The van der Waals surface area contributed by atoms with Crippen LogP contribution in [0.15, 0.2) is 28.7 Å². The van der Waals surface area contributed by atoms with Crippen LogP contribution in [0.25, 0.3) is 0 Å². The molecule has 17 heavy (non-hydrogen) atoms. The van der Waals surface area contributed by atoms with Gasteiger partial charge in [0.25, 0.3) is 0 Å². The van der Waals surface area contributed by atoms with E-state index in [4.69, 9.17) is 10.6 Å². The Balaban J connectivity index is 1.85. The molecule has 0 unspecified atom stereocenters. The number of nitrogens with two attached hydrogens (primary N) is 1. The normalized spacial score (nSPS) is 10.5. The topological polar surface area (TPSA) is 73.1 Å². The SMILES string of the molecule is NNc1nnc(COCc2ccccc2Br)s1. The molecule has 2 aromatic rings. The second kappa shape index (κ2) is 6.06. The minimum absolute atomic E-state index is 0.431. The van der Waals surface area contributed by atoms with Crippen molar-refractivity contribution in [3.63, 3.8) is 0 Å². The number of hydrogen-bond acceptors (Lipinski definition) is 6. The average molecular weight is 315 g/mol. The number of aromatic nitrogens is 2. The lowest BCUT2D eigenvalue weighted by Gasteiger charge is -2.03. The number of benzene rings is 1. The highest BCUT2D eigenvalue weighted by Crippen LogP contribution is 2.18. The van der Waals surface area contributed by atoms with Crippen molar-refractivity contribution in [2.24, 2.45) is 5.84 Å². The number of halogens is 1. The number of nitrogen functional groups attached to an aromatic ring is 1. The van der Waals surface area contributed by atoms with Crippen LogP contribution in [0, 0.1) is 0 Å². The maximum Gasteiger partial charge on any atom is 0.219 e. The molecule has 0 aliphatic heterocycles. The van der Waals surface area contributed by atoms with E-state index in [-0.39, 0.29) is 0 Å². The molecule has 3 N–H and O–H groups in total. The molecule has 0 spiro atoms. The maximum absolute atomic E-state index is 5.55. The number of anilines is 1. The quantitative estimate of drug-likeness (QED) is 0.654. The molecule has 1 heterocycles. The van der Waals surface area contributed by atoms with Crippen LogP contribution >= 0.6 is 27.3 Å². The highest BCUT2D eigenvalue weighted by Gasteiger charge is 2.03. The summed E-state index contributed by atoms with van der Waals surface area (Å²) >= 11 is 4.84. The number of ether oxygens (including phenoxy) is 1. The van der Waals surface area contributed by atoms with Gasteiger partial charge in [-0.1, -0.05) is 45.5 Å². The Kier molecular flexibility index (Phi) is 4.43. The van der Waals surface area contributed by atoms with Gasteiger partial charge in [-0.25, -0.2) is 5.84 Å². The van der Waals surface area contributed by atoms with Gasteiger partial charge < -0.3 is 4.74 Å². The smallest absolute Gasteiger partial charge is 0.219 e. The summed E-state index contributed by atoms with van der Waals surface area (Å²) in [6.45, 7) is 0.965. The van der Waals surface area contributed by atoms with E-state index < -0.39 is 0 Å². The van der Waals surface area contributed by atoms with Crippen molar-refractivity contribution in [3.05, 3.63) is 39.3 Å². The third-order valence-corrected chi connectivity index (χ3v) is 3.63. The largest absolute Gasteiger partial charge is 0.369 e. The van der Waals surface area contributed by atoms with Crippen molar-refractivity contribution in [2.75, 3.05) is 5.43 Å². The summed E-state index contributed by atoms with van der Waals surface area (Å²) in [5.41, 5.74) is 3.55. The lowest BCUT2D eigenvalue weighted by Crippen LogP contribution is -2.05. The Morgan fingerprint density at radius 3 is 2.82 bits per heavy atom. The predicted octanol–water partition coefficient (Wildman–Crippen LogP) is 2.30. The van der Waals surface area contributed by atoms with Crippen LogP contribution in [0.1, 0.15) is 10.6 Å². The van der Waals surface area contributed by atoms with Crippen molar-refractivity contribution < 1.29 is 4.74 Å². The van der Waals surface area contributed by atoms with Gasteiger partial charge >= 0.3 is 0 Å². The van der Waals surface area contributed by atoms with Gasteiger partial charge in [0.05, 0.1) is 6.61 Å². The molecule has 5 nitrogen and oxygen atoms in total. The zero-order valence-electron chi connectivity index (χ0n) is 8.89. The molecule has 0 aliphatic carbocycles. The van der Waals surface area contributed by atoms with Gasteiger partial charge in [0.2, 0.25) is 5.13 Å². The van der Waals surface area contributed by atoms with E-state index in [1.807, 2.05) is 24.3 Å². The molecular formula is C10H11BrN4OS. The molecule has 0 atom stereocenters. The first kappa shape index (κ1) is 12.4. The summed E-state index contributed by atoms with van der Waals surface area (Å²) in [5.74, 6) is 5.21. The number of hydrogen-bond donors (Lipinski definition) is 2. The van der Waals surface area contributed by atoms with Gasteiger partial charge in [0, 0.05) is 4.47 Å². The monoisotopic (exact) mass is 314 g/mol. The predicted molar refractivity (Wildman–Crippen MR) is 70.4 cm³/mol. The lowest BCUT2D eigenvalue weighted by atomic mass is 10.2. The van der Waals surface area contributed by atoms with Crippen molar-refractivity contribution in [3.8, 4) is 0 Å². The molecule has 1 aromatic carbocycles. The van der Waals surface area contributed by atoms with E-state index in [1.165, 1.54) is 11.3 Å². The minimum Gasteiger partial charge on any atom is -0.369 e. The average Bonchev–Trinajstić information content (AvgIpc) is 2.80. The summed E-state index contributed by atoms with van der Waals surface area (Å²) in [5, 5.41) is 9.13. The molecule has 0 aliphatic rings. The van der Waals surface area contributed by atoms with E-state index >= 15 is 0 Å². The zero-order chi connectivity index (χ0) is 12.1. The summed E-state index contributed by atoms with van der Waals surface area (Å²) in [7, 11) is 0. The van der Waals surface area contributed by atoms with Crippen LogP contribution < -0.4 is 11.3 Å². The molecular weight excluding hydrogens is 304 g/mol. The van der Waals surface area contributed by atoms with Crippen LogP contribution in [-0.2, 0) is 18.0 Å². The highest BCUT2D eigenvalue weighted by atomic mass is 79.9. The number of rotatable bonds is 5. The Morgan fingerprint density at radius 1 is 1.29 bits per heavy atom. The molecule has 0 saturated carbocycles. The zero-order valence-corrected chi connectivity index (χ0v) is 11.3. The minimum atomic E-state index is 0.431. The molecule has 7 heteroatoms. The molecule has 0 bridgehead atoms. The molecule has 1 aromatic heterocycles. The maximum atomic E-state index is 5.55. The molecule has 0 amide bonds. The van der Waals surface area contributed by atoms with Crippen LogP contribution in [0.4, 0.5) is 5.13 Å². The Labute approximate surface area is 111 Å². The van der Waals surface area contributed by atoms with E-state index in [9.17, 15) is 0 Å². The van der Waals surface area contributed by atoms with E-state index in [2.05, 4.69) is 31.6 Å². The standard InChI is InChI=1S/C10H11BrN4OS/c11-8-4-2-1-3-7(8)5-16-6-9-14-15-10(13-12)17-9/h1-4H,5-6,12H2,(H,13,15). The fraction of sp³-hybridized carbons (Fsp3) is 0.200. The van der Waals surface area contributed by atoms with Crippen LogP contribution in [0.5, 0.6) is 0 Å². The van der Waals surface area contributed by atoms with E-state index in [0.29, 0.717) is 18.3 Å². The first-order valence-electron chi connectivity index (χ1n) is 4.89. The van der Waals surface area contributed by atoms with Gasteiger partial charge in [-0.05, 0) is 11.6 Å². The van der Waals surface area contributed by atoms with Crippen LogP contribution in [0.2, 0.25) is 0 Å². The molecule has 2 rings (SSSR count). The van der Waals surface area contributed by atoms with Crippen molar-refractivity contribution >= 4 is 32.4 Å². The third-order valence-electron chi connectivity index (χ3n) is 2.03. The Morgan fingerprint density at radius 2 is 2.12 bits per heavy atom. The number of hydrazine groups is 1. The highest BCUT2D eigenvalue weighted by molar-refractivity contribution is 9.10. The fourth-order valence-electron chi connectivity index (χ4n) is 1.23. The van der Waals surface area contributed by atoms with Gasteiger partial charge in [-0.3, -0.25) is 5.43 Å². The van der Waals surface area contributed by atoms with Crippen LogP contribution in [0.3, 0.4) is 0 Å². The van der Waals surface area contributed by atoms with Gasteiger partial charge in [-0.15, -0.1) is 10.2 Å². The lowest BCUT2D eigenvalue weighted by molar-refractivity contribution is 0.106. The third kappa shape index (κ3) is 3.47. The first-order chi connectivity index (χ1) is 8.29. The number of nitrogens with zero attached hydrogens (tertiary/aromatic N) is 2. The second-order valence-electron chi connectivity index (χ2n) is 3.23. The van der Waals surface area contributed by atoms with Crippen molar-refractivity contribution in [2.45, 2.75) is 13.2 Å². The molecule has 0 fully saturated rings. The number of nitrogens with one attached hydrogen (secondary N) is 1. The van der Waals surface area contributed by atoms with E-state index in [1.54, 1.807) is 0 Å². The summed E-state index contributed by atoms with van der Waals surface area (Å²) in [6.07, 6.45) is 0. The molecule has 0 saturated heterocycles. The summed E-state index contributed by atoms with van der Waals surface area (Å²) < 4.78 is 6.60. The van der Waals surface area contributed by atoms with Crippen molar-refractivity contribution in [1.29, 1.82) is 0 Å². The van der Waals surface area contributed by atoms with Gasteiger partial charge in [0.1, 0.15) is 11.6 Å². The summed E-state index contributed by atoms with van der Waals surface area (Å²) in [6, 6.07) is 7.94. The van der Waals surface area contributed by atoms with Crippen molar-refractivity contribution in [1.82, 2.24) is 10.2 Å². The van der Waals surface area contributed by atoms with Crippen LogP contribution in [-0.4, -0.2) is 10.2 Å². The fourth-order valence-corrected chi connectivity index (χ4v) is 2.22. The molecule has 90 valence electrons. The second-order valence-corrected chi connectivity index (χ2v) is 5.15.